The van der Waals surface area contributed by atoms with Crippen molar-refractivity contribution in [3.8, 4) is 0 Å². The fourth-order valence-corrected chi connectivity index (χ4v) is 4.43. The molecule has 0 saturated carbocycles. The lowest BCUT2D eigenvalue weighted by Crippen LogP contribution is -2.55. The summed E-state index contributed by atoms with van der Waals surface area (Å²) in [5, 5.41) is 14.3. The molecule has 1 aromatic heterocycles. The number of fused-ring (bicyclic) bond motifs is 1. The van der Waals surface area contributed by atoms with E-state index < -0.39 is 29.9 Å². The largest absolute Gasteiger partial charge is 0.480 e. The Morgan fingerprint density at radius 1 is 1.21 bits per heavy atom. The van der Waals surface area contributed by atoms with E-state index in [0.29, 0.717) is 30.5 Å². The van der Waals surface area contributed by atoms with Crippen molar-refractivity contribution in [1.29, 1.82) is 0 Å². The van der Waals surface area contributed by atoms with Crippen molar-refractivity contribution in [3.05, 3.63) is 34.2 Å². The van der Waals surface area contributed by atoms with E-state index in [4.69, 9.17) is 9.84 Å². The molecular formula is C22H27N5O7. The Bertz CT molecular complexity index is 1200. The monoisotopic (exact) mass is 473 g/mol. The Morgan fingerprint density at radius 3 is 2.74 bits per heavy atom. The molecule has 182 valence electrons. The molecule has 0 bridgehead atoms. The number of carbonyl (C=O) groups excluding carboxylic acids is 3. The number of piperidine rings is 1. The van der Waals surface area contributed by atoms with Gasteiger partial charge in [0, 0.05) is 39.5 Å². The molecule has 1 aromatic carbocycles. The normalized spacial score (nSPS) is 21.4. The number of piperazine rings is 1. The standard InChI is InChI=1S/C22H27N5O7/c1-25-17-10-13(6-9-34-19(29)12-26-8-7-23-14(11-26)21(31)32)2-3-15(17)27(22(25)33)16-4-5-18(28)24-20(16)30/h2-3,10,14,16,23H,4-9,11-12H2,1H3,(H,31,32)(H,24,28,30)/t14-,16?/m0/s1. The molecule has 2 saturated heterocycles. The van der Waals surface area contributed by atoms with Gasteiger partial charge in [0.1, 0.15) is 12.1 Å². The van der Waals surface area contributed by atoms with Crippen LogP contribution in [0.1, 0.15) is 24.4 Å². The highest BCUT2D eigenvalue weighted by Crippen LogP contribution is 2.23. The number of nitrogens with one attached hydrogen (secondary N) is 2. The van der Waals surface area contributed by atoms with E-state index in [1.54, 1.807) is 18.0 Å². The first-order valence-corrected chi connectivity index (χ1v) is 11.1. The summed E-state index contributed by atoms with van der Waals surface area (Å²) in [6, 6.07) is 3.94. The van der Waals surface area contributed by atoms with Crippen LogP contribution in [0.5, 0.6) is 0 Å². The van der Waals surface area contributed by atoms with Gasteiger partial charge in [-0.3, -0.25) is 38.5 Å². The zero-order chi connectivity index (χ0) is 24.4. The molecule has 3 heterocycles. The van der Waals surface area contributed by atoms with Crippen LogP contribution in [0.2, 0.25) is 0 Å². The summed E-state index contributed by atoms with van der Waals surface area (Å²) >= 11 is 0. The molecule has 4 rings (SSSR count). The van der Waals surface area contributed by atoms with Gasteiger partial charge in [0.2, 0.25) is 11.8 Å². The van der Waals surface area contributed by atoms with E-state index in [1.165, 1.54) is 9.13 Å². The third-order valence-corrected chi connectivity index (χ3v) is 6.24. The maximum atomic E-state index is 12.8. The van der Waals surface area contributed by atoms with Crippen molar-refractivity contribution in [2.45, 2.75) is 31.3 Å². The topological polar surface area (TPSA) is 152 Å². The van der Waals surface area contributed by atoms with E-state index in [0.717, 1.165) is 5.56 Å². The molecule has 2 fully saturated rings. The smallest absolute Gasteiger partial charge is 0.329 e. The molecule has 2 aliphatic rings. The molecule has 0 aliphatic carbocycles. The molecule has 2 atom stereocenters. The van der Waals surface area contributed by atoms with Gasteiger partial charge in [-0.1, -0.05) is 6.07 Å². The van der Waals surface area contributed by atoms with Crippen LogP contribution in [-0.2, 0) is 37.4 Å². The Morgan fingerprint density at radius 2 is 2.00 bits per heavy atom. The number of carboxylic acid groups (broad SMARTS) is 1. The number of aromatic nitrogens is 2. The summed E-state index contributed by atoms with van der Waals surface area (Å²) in [6.07, 6.45) is 0.869. The molecule has 12 heteroatoms. The SMILES string of the molecule is Cn1c(=O)n(C2CCC(=O)NC2=O)c2ccc(CCOC(=O)CN3CCN[C@H](C(=O)O)C3)cc21. The molecule has 12 nitrogen and oxygen atoms in total. The number of ether oxygens (including phenoxy) is 1. The van der Waals surface area contributed by atoms with Crippen molar-refractivity contribution >= 4 is 34.8 Å². The number of hydrogen-bond acceptors (Lipinski definition) is 8. The molecule has 0 spiro atoms. The van der Waals surface area contributed by atoms with Gasteiger partial charge in [-0.25, -0.2) is 4.79 Å². The lowest BCUT2D eigenvalue weighted by Gasteiger charge is -2.30. The van der Waals surface area contributed by atoms with Crippen molar-refractivity contribution in [2.24, 2.45) is 7.05 Å². The van der Waals surface area contributed by atoms with Crippen LogP contribution in [0, 0.1) is 0 Å². The lowest BCUT2D eigenvalue weighted by atomic mass is 10.1. The Hall–Kier alpha value is -3.51. The number of hydrogen-bond donors (Lipinski definition) is 3. The van der Waals surface area contributed by atoms with Gasteiger partial charge in [0.25, 0.3) is 0 Å². The fraction of sp³-hybridized carbons (Fsp3) is 0.500. The maximum absolute atomic E-state index is 12.8. The molecule has 2 amide bonds. The number of nitrogens with zero attached hydrogens (tertiary/aromatic N) is 3. The highest BCUT2D eigenvalue weighted by Gasteiger charge is 2.31. The van der Waals surface area contributed by atoms with Crippen LogP contribution in [-0.4, -0.2) is 81.7 Å². The van der Waals surface area contributed by atoms with Crippen molar-refractivity contribution in [2.75, 3.05) is 32.8 Å². The number of amides is 2. The Balaban J connectivity index is 1.38. The zero-order valence-electron chi connectivity index (χ0n) is 18.8. The first kappa shape index (κ1) is 23.6. The third kappa shape index (κ3) is 4.87. The highest BCUT2D eigenvalue weighted by molar-refractivity contribution is 6.00. The predicted octanol–water partition coefficient (Wildman–Crippen LogP) is -1.24. The van der Waals surface area contributed by atoms with Gasteiger partial charge in [0.05, 0.1) is 24.2 Å². The van der Waals surface area contributed by atoms with E-state index in [9.17, 15) is 24.0 Å². The first-order valence-electron chi connectivity index (χ1n) is 11.1. The van der Waals surface area contributed by atoms with Crippen molar-refractivity contribution in [1.82, 2.24) is 24.7 Å². The fourth-order valence-electron chi connectivity index (χ4n) is 4.43. The van der Waals surface area contributed by atoms with E-state index >= 15 is 0 Å². The van der Waals surface area contributed by atoms with Gasteiger partial charge in [-0.05, 0) is 24.1 Å². The van der Waals surface area contributed by atoms with Crippen LogP contribution in [0.25, 0.3) is 11.0 Å². The average Bonchev–Trinajstić information content (AvgIpc) is 3.04. The number of benzene rings is 1. The van der Waals surface area contributed by atoms with Crippen LogP contribution in [0.15, 0.2) is 23.0 Å². The predicted molar refractivity (Wildman–Crippen MR) is 119 cm³/mol. The van der Waals surface area contributed by atoms with Gasteiger partial charge < -0.3 is 15.2 Å². The second-order valence-electron chi connectivity index (χ2n) is 8.55. The van der Waals surface area contributed by atoms with Gasteiger partial charge in [-0.2, -0.15) is 0 Å². The van der Waals surface area contributed by atoms with Crippen LogP contribution < -0.4 is 16.3 Å². The van der Waals surface area contributed by atoms with Crippen LogP contribution in [0.4, 0.5) is 0 Å². The molecule has 3 N–H and O–H groups in total. The molecule has 2 aromatic rings. The molecule has 0 radical (unpaired) electrons. The van der Waals surface area contributed by atoms with E-state index in [1.807, 2.05) is 12.1 Å². The number of imidazole rings is 1. The number of esters is 1. The minimum Gasteiger partial charge on any atom is -0.480 e. The van der Waals surface area contributed by atoms with Crippen molar-refractivity contribution in [3.63, 3.8) is 0 Å². The summed E-state index contributed by atoms with van der Waals surface area (Å²) in [5.74, 6) is -2.20. The van der Waals surface area contributed by atoms with Crippen LogP contribution >= 0.6 is 0 Å². The summed E-state index contributed by atoms with van der Waals surface area (Å²) in [5.41, 5.74) is 1.74. The summed E-state index contributed by atoms with van der Waals surface area (Å²) in [6.45, 7) is 1.45. The van der Waals surface area contributed by atoms with E-state index in [-0.39, 0.29) is 44.1 Å². The quantitative estimate of drug-likeness (QED) is 0.331. The average molecular weight is 473 g/mol. The molecule has 1 unspecified atom stereocenters. The number of imide groups is 1. The molecule has 2 aliphatic heterocycles. The van der Waals surface area contributed by atoms with Crippen molar-refractivity contribution < 1.29 is 29.0 Å². The second kappa shape index (κ2) is 9.77. The van der Waals surface area contributed by atoms with Gasteiger partial charge in [-0.15, -0.1) is 0 Å². The summed E-state index contributed by atoms with van der Waals surface area (Å²) < 4.78 is 8.20. The number of aryl methyl sites for hydroxylation is 1. The number of aliphatic carboxylic acids is 1. The highest BCUT2D eigenvalue weighted by atomic mass is 16.5. The molecule has 34 heavy (non-hydrogen) atoms. The minimum absolute atomic E-state index is 0.0216. The van der Waals surface area contributed by atoms with Gasteiger partial charge >= 0.3 is 17.6 Å². The number of carbonyl (C=O) groups is 4. The summed E-state index contributed by atoms with van der Waals surface area (Å²) in [7, 11) is 1.62. The maximum Gasteiger partial charge on any atom is 0.329 e. The Labute approximate surface area is 194 Å². The van der Waals surface area contributed by atoms with Crippen LogP contribution in [0.3, 0.4) is 0 Å². The zero-order valence-corrected chi connectivity index (χ0v) is 18.8. The number of carboxylic acids is 1. The molecular weight excluding hydrogens is 446 g/mol. The van der Waals surface area contributed by atoms with Gasteiger partial charge in [0.15, 0.2) is 0 Å². The third-order valence-electron chi connectivity index (χ3n) is 6.24. The first-order chi connectivity index (χ1) is 16.2. The second-order valence-corrected chi connectivity index (χ2v) is 8.55. The number of rotatable bonds is 7. The summed E-state index contributed by atoms with van der Waals surface area (Å²) in [4.78, 5) is 61.6. The Kier molecular flexibility index (Phi) is 6.80. The minimum atomic E-state index is -0.950. The lowest BCUT2D eigenvalue weighted by molar-refractivity contribution is -0.147. The van der Waals surface area contributed by atoms with E-state index in [2.05, 4.69) is 10.6 Å².